The van der Waals surface area contributed by atoms with Crippen LogP contribution in [-0.4, -0.2) is 48.7 Å². The largest absolute Gasteiger partial charge is 0.396 e. The first-order valence-corrected chi connectivity index (χ1v) is 6.61. The first-order valence-electron chi connectivity index (χ1n) is 6.61. The maximum Gasteiger partial charge on any atom is 0.151 e. The number of fused-ring (bicyclic) bond motifs is 1. The lowest BCUT2D eigenvalue weighted by molar-refractivity contribution is -0.00394. The second kappa shape index (κ2) is 4.69. The zero-order chi connectivity index (χ0) is 14.4. The molecule has 0 bridgehead atoms. The second-order valence-corrected chi connectivity index (χ2v) is 5.41. The molecule has 2 aromatic rings. The van der Waals surface area contributed by atoms with E-state index in [1.54, 1.807) is 4.52 Å². The zero-order valence-corrected chi connectivity index (χ0v) is 11.1. The van der Waals surface area contributed by atoms with E-state index < -0.39 is 18.1 Å². The molecule has 0 aliphatic heterocycles. The fourth-order valence-electron chi connectivity index (χ4n) is 3.31. The predicted molar refractivity (Wildman–Crippen MR) is 71.9 cm³/mol. The molecule has 5 atom stereocenters. The Labute approximate surface area is 115 Å². The molecule has 1 aliphatic carbocycles. The fourth-order valence-corrected chi connectivity index (χ4v) is 3.31. The van der Waals surface area contributed by atoms with Gasteiger partial charge >= 0.3 is 0 Å². The van der Waals surface area contributed by atoms with Gasteiger partial charge in [0.1, 0.15) is 11.8 Å². The van der Waals surface area contributed by atoms with Crippen molar-refractivity contribution >= 4 is 11.3 Å². The van der Waals surface area contributed by atoms with E-state index in [-0.39, 0.29) is 18.4 Å². The minimum atomic E-state index is -0.940. The average molecular weight is 278 g/mol. The highest BCUT2D eigenvalue weighted by Gasteiger charge is 2.48. The molecule has 0 radical (unpaired) electrons. The van der Waals surface area contributed by atoms with E-state index in [0.29, 0.717) is 11.3 Å². The molecule has 1 fully saturated rings. The number of aliphatic hydroxyl groups excluding tert-OH is 3. The van der Waals surface area contributed by atoms with E-state index in [0.717, 1.165) is 5.69 Å². The van der Waals surface area contributed by atoms with Crippen LogP contribution < -0.4 is 5.73 Å². The molecule has 0 spiro atoms. The number of hydrogen-bond donors (Lipinski definition) is 4. The van der Waals surface area contributed by atoms with E-state index in [1.165, 1.54) is 6.33 Å². The third-order valence-electron chi connectivity index (χ3n) is 4.42. The molecule has 2 heterocycles. The van der Waals surface area contributed by atoms with E-state index in [9.17, 15) is 15.3 Å². The molecular formula is C13H18N4O3. The minimum absolute atomic E-state index is 0.184. The number of aliphatic hydroxyl groups is 3. The highest BCUT2D eigenvalue weighted by atomic mass is 16.3. The van der Waals surface area contributed by atoms with Gasteiger partial charge < -0.3 is 21.1 Å². The van der Waals surface area contributed by atoms with Crippen LogP contribution in [-0.2, 0) is 0 Å². The first kappa shape index (κ1) is 13.3. The first-order chi connectivity index (χ1) is 9.56. The van der Waals surface area contributed by atoms with Crippen molar-refractivity contribution in [2.24, 2.45) is 11.8 Å². The molecule has 0 unspecified atom stereocenters. The summed E-state index contributed by atoms with van der Waals surface area (Å²) < 4.78 is 1.66. The minimum Gasteiger partial charge on any atom is -0.396 e. The van der Waals surface area contributed by atoms with Gasteiger partial charge in [-0.05, 0) is 18.1 Å². The Hall–Kier alpha value is -1.70. The Balaban J connectivity index is 2.12. The lowest BCUT2D eigenvalue weighted by atomic mass is 9.87. The van der Waals surface area contributed by atoms with Crippen LogP contribution in [0.2, 0.25) is 0 Å². The molecule has 7 heteroatoms. The molecule has 108 valence electrons. The molecule has 0 amide bonds. The van der Waals surface area contributed by atoms with Crippen LogP contribution in [0.5, 0.6) is 0 Å². The lowest BCUT2D eigenvalue weighted by Crippen LogP contribution is -2.29. The summed E-state index contributed by atoms with van der Waals surface area (Å²) in [7, 11) is 0. The maximum absolute atomic E-state index is 10.0. The summed E-state index contributed by atoms with van der Waals surface area (Å²) in [5.41, 5.74) is 7.30. The summed E-state index contributed by atoms with van der Waals surface area (Å²) in [5.74, 6) is -0.425. The topological polar surface area (TPSA) is 117 Å². The third kappa shape index (κ3) is 1.71. The van der Waals surface area contributed by atoms with Gasteiger partial charge in [-0.1, -0.05) is 6.92 Å². The Morgan fingerprint density at radius 3 is 2.75 bits per heavy atom. The van der Waals surface area contributed by atoms with E-state index >= 15 is 0 Å². The Morgan fingerprint density at radius 2 is 2.05 bits per heavy atom. The van der Waals surface area contributed by atoms with Crippen molar-refractivity contribution in [3.63, 3.8) is 0 Å². The van der Waals surface area contributed by atoms with Gasteiger partial charge in [0.2, 0.25) is 0 Å². The van der Waals surface area contributed by atoms with Crippen molar-refractivity contribution in [2.45, 2.75) is 25.0 Å². The van der Waals surface area contributed by atoms with Gasteiger partial charge in [0.25, 0.3) is 0 Å². The number of nitrogen functional groups attached to an aromatic ring is 1. The van der Waals surface area contributed by atoms with Crippen molar-refractivity contribution in [3.05, 3.63) is 24.2 Å². The quantitative estimate of drug-likeness (QED) is 0.581. The van der Waals surface area contributed by atoms with Crippen molar-refractivity contribution in [1.29, 1.82) is 0 Å². The van der Waals surface area contributed by atoms with Crippen LogP contribution in [0.4, 0.5) is 5.82 Å². The molecule has 2 aromatic heterocycles. The van der Waals surface area contributed by atoms with Gasteiger partial charge in [0.15, 0.2) is 5.82 Å². The number of nitrogens with two attached hydrogens (primary N) is 1. The van der Waals surface area contributed by atoms with Crippen molar-refractivity contribution < 1.29 is 15.3 Å². The van der Waals surface area contributed by atoms with Crippen LogP contribution in [0.15, 0.2) is 18.5 Å². The van der Waals surface area contributed by atoms with Crippen LogP contribution in [0.25, 0.3) is 5.52 Å². The molecule has 0 aromatic carbocycles. The number of aromatic nitrogens is 3. The molecule has 1 saturated carbocycles. The summed E-state index contributed by atoms with van der Waals surface area (Å²) in [6.07, 6.45) is -0.432. The Bertz CT molecular complexity index is 629. The molecule has 0 saturated heterocycles. The number of hydrogen-bond acceptors (Lipinski definition) is 6. The van der Waals surface area contributed by atoms with Gasteiger partial charge in [-0.3, -0.25) is 0 Å². The fraction of sp³-hybridized carbons (Fsp3) is 0.538. The molecule has 3 rings (SSSR count). The van der Waals surface area contributed by atoms with Crippen molar-refractivity contribution in [2.75, 3.05) is 12.3 Å². The van der Waals surface area contributed by atoms with Crippen LogP contribution >= 0.6 is 0 Å². The number of rotatable bonds is 2. The average Bonchev–Trinajstić information content (AvgIpc) is 2.95. The van der Waals surface area contributed by atoms with Gasteiger partial charge in [0, 0.05) is 24.1 Å². The van der Waals surface area contributed by atoms with Gasteiger partial charge in [0.05, 0.1) is 12.2 Å². The monoisotopic (exact) mass is 278 g/mol. The van der Waals surface area contributed by atoms with Crippen LogP contribution in [0, 0.1) is 11.8 Å². The molecule has 7 nitrogen and oxygen atoms in total. The highest BCUT2D eigenvalue weighted by molar-refractivity contribution is 5.65. The zero-order valence-electron chi connectivity index (χ0n) is 11.1. The summed E-state index contributed by atoms with van der Waals surface area (Å²) in [4.78, 5) is 3.93. The molecular weight excluding hydrogens is 260 g/mol. The van der Waals surface area contributed by atoms with Gasteiger partial charge in [-0.2, -0.15) is 5.10 Å². The smallest absolute Gasteiger partial charge is 0.151 e. The van der Waals surface area contributed by atoms with E-state index in [1.807, 2.05) is 19.1 Å². The van der Waals surface area contributed by atoms with Crippen LogP contribution in [0.3, 0.4) is 0 Å². The summed E-state index contributed by atoms with van der Waals surface area (Å²) in [6.45, 7) is 1.67. The van der Waals surface area contributed by atoms with E-state index in [4.69, 9.17) is 5.73 Å². The van der Waals surface area contributed by atoms with Crippen molar-refractivity contribution in [3.8, 4) is 0 Å². The van der Waals surface area contributed by atoms with Gasteiger partial charge in [-0.15, -0.1) is 0 Å². The number of nitrogens with zero attached hydrogens (tertiary/aromatic N) is 3. The number of anilines is 1. The van der Waals surface area contributed by atoms with Crippen LogP contribution in [0.1, 0.15) is 18.5 Å². The Kier molecular flexibility index (Phi) is 3.12. The van der Waals surface area contributed by atoms with Gasteiger partial charge in [-0.25, -0.2) is 9.50 Å². The summed E-state index contributed by atoms with van der Waals surface area (Å²) in [6, 6.07) is 3.66. The lowest BCUT2D eigenvalue weighted by Gasteiger charge is -2.21. The normalized spacial score (nSPS) is 33.9. The molecule has 1 aliphatic rings. The summed E-state index contributed by atoms with van der Waals surface area (Å²) >= 11 is 0. The molecule has 20 heavy (non-hydrogen) atoms. The summed E-state index contributed by atoms with van der Waals surface area (Å²) in [5, 5.41) is 33.8. The predicted octanol–water partition coefficient (Wildman–Crippen LogP) is -0.625. The second-order valence-electron chi connectivity index (χ2n) is 5.41. The third-order valence-corrected chi connectivity index (χ3v) is 4.42. The van der Waals surface area contributed by atoms with E-state index in [2.05, 4.69) is 10.1 Å². The molecule has 5 N–H and O–H groups in total. The Morgan fingerprint density at radius 1 is 1.30 bits per heavy atom. The maximum atomic E-state index is 10.0. The van der Waals surface area contributed by atoms with Crippen molar-refractivity contribution in [1.82, 2.24) is 14.6 Å². The highest BCUT2D eigenvalue weighted by Crippen LogP contribution is 2.44. The standard InChI is InChI=1S/C13H18N4O3/c1-6-10(7(4-18)12(20)11(6)19)8-2-3-9-13(14)15-5-16-17(8)9/h2-3,5-7,10-12,18-20H,4H2,1H3,(H2,14,15,16)/t6-,7-,10-,11-,12+/m0/s1. The SMILES string of the molecule is C[C@@H]1[C@H](O)[C@H](O)[C@@H](CO)[C@H]1c1ccc2c(N)ncnn12.